The number of fused-ring (bicyclic) bond motifs is 3. The summed E-state index contributed by atoms with van der Waals surface area (Å²) in [6.45, 7) is 4.69. The van der Waals surface area contributed by atoms with Gasteiger partial charge in [-0.25, -0.2) is 0 Å². The van der Waals surface area contributed by atoms with Crippen LogP contribution < -0.4 is 0 Å². The average Bonchev–Trinajstić information content (AvgIpc) is 2.95. The fourth-order valence-electron chi connectivity index (χ4n) is 4.57. The Morgan fingerprint density at radius 3 is 1.86 bits per heavy atom. The van der Waals surface area contributed by atoms with Crippen molar-refractivity contribution in [3.05, 3.63) is 107 Å². The second-order valence-electron chi connectivity index (χ2n) is 7.99. The van der Waals surface area contributed by atoms with E-state index in [1.807, 2.05) is 0 Å². The fourth-order valence-corrected chi connectivity index (χ4v) is 4.93. The van der Waals surface area contributed by atoms with E-state index >= 15 is 0 Å². The minimum Gasteiger partial charge on any atom is -0.0622 e. The van der Waals surface area contributed by atoms with E-state index in [1.54, 1.807) is 0 Å². The zero-order valence-electron chi connectivity index (χ0n) is 16.0. The maximum Gasteiger partial charge on any atom is 0.0178 e. The molecule has 0 fully saturated rings. The van der Waals surface area contributed by atoms with Crippen molar-refractivity contribution in [1.82, 2.24) is 0 Å². The molecule has 28 heavy (non-hydrogen) atoms. The molecule has 0 bridgehead atoms. The van der Waals surface area contributed by atoms with E-state index in [4.69, 9.17) is 0 Å². The SMILES string of the molecule is CC1(C)c2cc(Br)ccc2-c2cc(-c3ccccc3)cc(-c3ccccc3)c21. The summed E-state index contributed by atoms with van der Waals surface area (Å²) in [6.07, 6.45) is 0. The molecule has 4 aromatic rings. The van der Waals surface area contributed by atoms with Gasteiger partial charge in [0, 0.05) is 9.89 Å². The highest BCUT2D eigenvalue weighted by Crippen LogP contribution is 2.53. The van der Waals surface area contributed by atoms with Gasteiger partial charge in [0.25, 0.3) is 0 Å². The summed E-state index contributed by atoms with van der Waals surface area (Å²) in [5.74, 6) is 0. The van der Waals surface area contributed by atoms with E-state index in [9.17, 15) is 0 Å². The molecule has 0 heterocycles. The maximum atomic E-state index is 3.68. The Bertz CT molecular complexity index is 1170. The zero-order valence-corrected chi connectivity index (χ0v) is 17.6. The van der Waals surface area contributed by atoms with Gasteiger partial charge in [0.15, 0.2) is 0 Å². The summed E-state index contributed by atoms with van der Waals surface area (Å²) in [6, 6.07) is 32.9. The van der Waals surface area contributed by atoms with Crippen molar-refractivity contribution in [2.75, 3.05) is 0 Å². The van der Waals surface area contributed by atoms with Crippen LogP contribution in [-0.4, -0.2) is 0 Å². The second-order valence-corrected chi connectivity index (χ2v) is 8.91. The van der Waals surface area contributed by atoms with Gasteiger partial charge in [-0.1, -0.05) is 96.5 Å². The molecule has 0 saturated heterocycles. The minimum absolute atomic E-state index is 0.0468. The number of benzene rings is 4. The van der Waals surface area contributed by atoms with Gasteiger partial charge < -0.3 is 0 Å². The van der Waals surface area contributed by atoms with Gasteiger partial charge in [-0.3, -0.25) is 0 Å². The molecule has 0 atom stereocenters. The van der Waals surface area contributed by atoms with Gasteiger partial charge in [0.05, 0.1) is 0 Å². The highest BCUT2D eigenvalue weighted by Gasteiger charge is 2.38. The van der Waals surface area contributed by atoms with Gasteiger partial charge in [0.1, 0.15) is 0 Å². The molecule has 0 nitrogen and oxygen atoms in total. The van der Waals surface area contributed by atoms with Crippen molar-refractivity contribution in [3.8, 4) is 33.4 Å². The van der Waals surface area contributed by atoms with Crippen LogP contribution in [0.1, 0.15) is 25.0 Å². The quantitative estimate of drug-likeness (QED) is 0.304. The molecule has 0 aliphatic heterocycles. The first-order valence-corrected chi connectivity index (χ1v) is 10.4. The first-order valence-electron chi connectivity index (χ1n) is 9.65. The molecular weight excluding hydrogens is 404 g/mol. The molecule has 0 amide bonds. The summed E-state index contributed by atoms with van der Waals surface area (Å²) in [5, 5.41) is 0. The molecule has 1 heteroatoms. The fraction of sp³-hybridized carbons (Fsp3) is 0.111. The highest BCUT2D eigenvalue weighted by molar-refractivity contribution is 9.10. The van der Waals surface area contributed by atoms with Gasteiger partial charge in [0.2, 0.25) is 0 Å². The van der Waals surface area contributed by atoms with E-state index in [1.165, 1.54) is 44.5 Å². The Morgan fingerprint density at radius 1 is 0.571 bits per heavy atom. The predicted octanol–water partition coefficient (Wildman–Crippen LogP) is 8.09. The van der Waals surface area contributed by atoms with Crippen LogP contribution in [0.3, 0.4) is 0 Å². The molecule has 0 aromatic heterocycles. The lowest BCUT2D eigenvalue weighted by Gasteiger charge is -2.25. The highest BCUT2D eigenvalue weighted by atomic mass is 79.9. The summed E-state index contributed by atoms with van der Waals surface area (Å²) in [7, 11) is 0. The van der Waals surface area contributed by atoms with Gasteiger partial charge in [-0.2, -0.15) is 0 Å². The summed E-state index contributed by atoms with van der Waals surface area (Å²) < 4.78 is 1.14. The molecule has 4 aromatic carbocycles. The first-order chi connectivity index (χ1) is 13.6. The molecule has 0 radical (unpaired) electrons. The van der Waals surface area contributed by atoms with Crippen LogP contribution in [0.2, 0.25) is 0 Å². The molecule has 5 rings (SSSR count). The largest absolute Gasteiger partial charge is 0.0622 e. The Labute approximate surface area is 175 Å². The average molecular weight is 425 g/mol. The van der Waals surface area contributed by atoms with E-state index < -0.39 is 0 Å². The second kappa shape index (κ2) is 6.46. The molecular formula is C27H21Br. The molecule has 0 N–H and O–H groups in total. The predicted molar refractivity (Wildman–Crippen MR) is 123 cm³/mol. The summed E-state index contributed by atoms with van der Waals surface area (Å²) in [5.41, 5.74) is 10.6. The number of hydrogen-bond donors (Lipinski definition) is 0. The lowest BCUT2D eigenvalue weighted by atomic mass is 9.78. The number of hydrogen-bond acceptors (Lipinski definition) is 0. The van der Waals surface area contributed by atoms with Crippen molar-refractivity contribution in [2.45, 2.75) is 19.3 Å². The van der Waals surface area contributed by atoms with Crippen molar-refractivity contribution in [2.24, 2.45) is 0 Å². The third kappa shape index (κ3) is 2.65. The standard InChI is InChI=1S/C27H21Br/c1-27(2)25-17-21(28)13-14-22(25)24-16-20(18-9-5-3-6-10-18)15-23(26(24)27)19-11-7-4-8-12-19/h3-17H,1-2H3. The first kappa shape index (κ1) is 17.5. The van der Waals surface area contributed by atoms with E-state index in [0.29, 0.717) is 0 Å². The summed E-state index contributed by atoms with van der Waals surface area (Å²) >= 11 is 3.68. The summed E-state index contributed by atoms with van der Waals surface area (Å²) in [4.78, 5) is 0. The van der Waals surface area contributed by atoms with E-state index in [0.717, 1.165) is 4.47 Å². The van der Waals surface area contributed by atoms with Crippen LogP contribution in [0.25, 0.3) is 33.4 Å². The molecule has 136 valence electrons. The van der Waals surface area contributed by atoms with Gasteiger partial charge >= 0.3 is 0 Å². The lowest BCUT2D eigenvalue weighted by Crippen LogP contribution is -2.16. The molecule has 1 aliphatic rings. The van der Waals surface area contributed by atoms with Crippen molar-refractivity contribution in [3.63, 3.8) is 0 Å². The Hall–Kier alpha value is -2.64. The van der Waals surface area contributed by atoms with Crippen molar-refractivity contribution >= 4 is 15.9 Å². The third-order valence-corrected chi connectivity index (χ3v) is 6.39. The van der Waals surface area contributed by atoms with E-state index in [-0.39, 0.29) is 5.41 Å². The zero-order chi connectivity index (χ0) is 19.3. The van der Waals surface area contributed by atoms with Crippen molar-refractivity contribution in [1.29, 1.82) is 0 Å². The lowest BCUT2D eigenvalue weighted by molar-refractivity contribution is 0.662. The van der Waals surface area contributed by atoms with Crippen LogP contribution >= 0.6 is 15.9 Å². The van der Waals surface area contributed by atoms with Crippen LogP contribution in [-0.2, 0) is 5.41 Å². The minimum atomic E-state index is -0.0468. The number of halogens is 1. The topological polar surface area (TPSA) is 0 Å². The van der Waals surface area contributed by atoms with Crippen LogP contribution in [0.5, 0.6) is 0 Å². The van der Waals surface area contributed by atoms with Gasteiger partial charge in [-0.05, 0) is 68.8 Å². The Balaban J connectivity index is 1.87. The van der Waals surface area contributed by atoms with E-state index in [2.05, 4.69) is 121 Å². The van der Waals surface area contributed by atoms with Gasteiger partial charge in [-0.15, -0.1) is 0 Å². The van der Waals surface area contributed by atoms with Crippen molar-refractivity contribution < 1.29 is 0 Å². The Morgan fingerprint density at radius 2 is 1.18 bits per heavy atom. The molecule has 0 spiro atoms. The monoisotopic (exact) mass is 424 g/mol. The third-order valence-electron chi connectivity index (χ3n) is 5.90. The molecule has 1 aliphatic carbocycles. The molecule has 0 saturated carbocycles. The van der Waals surface area contributed by atoms with Crippen LogP contribution in [0.4, 0.5) is 0 Å². The van der Waals surface area contributed by atoms with Crippen LogP contribution in [0.15, 0.2) is 95.5 Å². The normalized spacial score (nSPS) is 13.8. The van der Waals surface area contributed by atoms with Crippen LogP contribution in [0, 0.1) is 0 Å². The smallest absolute Gasteiger partial charge is 0.0178 e. The maximum absolute atomic E-state index is 3.68. The Kier molecular flexibility index (Phi) is 4.03. The molecule has 0 unspecified atom stereocenters. The number of rotatable bonds is 2.